The van der Waals surface area contributed by atoms with Crippen LogP contribution in [0.3, 0.4) is 0 Å². The van der Waals surface area contributed by atoms with Gasteiger partial charge in [0.15, 0.2) is 5.82 Å². The lowest BCUT2D eigenvalue weighted by Gasteiger charge is -2.39. The van der Waals surface area contributed by atoms with E-state index in [0.29, 0.717) is 23.0 Å². The van der Waals surface area contributed by atoms with Crippen LogP contribution < -0.4 is 30.6 Å². The van der Waals surface area contributed by atoms with Crippen molar-refractivity contribution in [3.8, 4) is 17.4 Å². The molecule has 3 aliphatic rings. The van der Waals surface area contributed by atoms with E-state index in [-0.39, 0.29) is 48.0 Å². The fourth-order valence-corrected chi connectivity index (χ4v) is 9.29. The van der Waals surface area contributed by atoms with Crippen molar-refractivity contribution >= 4 is 62.1 Å². The Bertz CT molecular complexity index is 2750. The smallest absolute Gasteiger partial charge is 0.265 e. The number of nitrogens with zero attached hydrogens (tertiary/aromatic N) is 4. The number of nitrogens with one attached hydrogen (secondary N) is 1. The lowest BCUT2D eigenvalue weighted by molar-refractivity contribution is -0.0337. The first-order valence-corrected chi connectivity index (χ1v) is 24.2. The van der Waals surface area contributed by atoms with Crippen LogP contribution in [-0.4, -0.2) is 93.3 Å². The predicted molar refractivity (Wildman–Crippen MR) is 258 cm³/mol. The van der Waals surface area contributed by atoms with Gasteiger partial charge >= 0.3 is 0 Å². The number of pyridine rings is 2. The van der Waals surface area contributed by atoms with E-state index in [1.807, 2.05) is 29.0 Å². The van der Waals surface area contributed by atoms with Gasteiger partial charge in [-0.05, 0) is 72.2 Å². The van der Waals surface area contributed by atoms with Crippen molar-refractivity contribution in [3.63, 3.8) is 0 Å². The third kappa shape index (κ3) is 13.0. The highest BCUT2D eigenvalue weighted by Crippen LogP contribution is 2.43. The molecule has 0 atom stereocenters. The maximum Gasteiger partial charge on any atom is 0.265 e. The van der Waals surface area contributed by atoms with E-state index in [9.17, 15) is 26.8 Å². The van der Waals surface area contributed by atoms with E-state index in [4.69, 9.17) is 48.9 Å². The molecule has 2 fully saturated rings. The van der Waals surface area contributed by atoms with E-state index in [2.05, 4.69) is 45.7 Å². The molecule has 0 unspecified atom stereocenters. The summed E-state index contributed by atoms with van der Waals surface area (Å²) in [6.45, 7) is 9.36. The van der Waals surface area contributed by atoms with Crippen LogP contribution in [0.4, 0.5) is 20.3 Å². The molecule has 19 heteroatoms. The Kier molecular flexibility index (Phi) is 15.9. The zero-order valence-electron chi connectivity index (χ0n) is 37.7. The van der Waals surface area contributed by atoms with Gasteiger partial charge in [-0.2, -0.15) is 0 Å². The van der Waals surface area contributed by atoms with Crippen LogP contribution >= 0.6 is 23.2 Å². The number of halogens is 4. The van der Waals surface area contributed by atoms with Crippen molar-refractivity contribution < 1.29 is 41.0 Å². The molecule has 2 aromatic heterocycles. The Morgan fingerprint density at radius 2 is 1.62 bits per heavy atom. The minimum Gasteiger partial charge on any atom is -0.472 e. The number of sulfonamides is 1. The molecule has 2 saturated heterocycles. The Hall–Kier alpha value is -5.85. The molecular formula is C49H53Cl2F2N7O7S. The van der Waals surface area contributed by atoms with Gasteiger partial charge in [0.25, 0.3) is 27.7 Å². The Labute approximate surface area is 404 Å². The molecule has 1 aliphatic carbocycles. The molecule has 0 radical (unpaired) electrons. The van der Waals surface area contributed by atoms with Crippen molar-refractivity contribution in [3.05, 3.63) is 135 Å². The van der Waals surface area contributed by atoms with Gasteiger partial charge in [0, 0.05) is 93.3 Å². The van der Waals surface area contributed by atoms with Crippen LogP contribution in [0.25, 0.3) is 5.57 Å². The number of alkyl halides is 1. The van der Waals surface area contributed by atoms with Crippen LogP contribution in [0.15, 0.2) is 108 Å². The van der Waals surface area contributed by atoms with Crippen LogP contribution in [0.2, 0.25) is 10.0 Å². The van der Waals surface area contributed by atoms with E-state index in [1.165, 1.54) is 41.5 Å². The highest BCUT2D eigenvalue weighted by atomic mass is 35.5. The van der Waals surface area contributed by atoms with Crippen LogP contribution in [-0.2, 0) is 14.8 Å². The van der Waals surface area contributed by atoms with E-state index >= 15 is 0 Å². The van der Waals surface area contributed by atoms with E-state index < -0.39 is 50.7 Å². The van der Waals surface area contributed by atoms with Gasteiger partial charge in [-0.15, -0.1) is 0 Å². The average molecular weight is 993 g/mol. The first-order valence-electron chi connectivity index (χ1n) is 22.0. The summed E-state index contributed by atoms with van der Waals surface area (Å²) in [4.78, 5) is 36.0. The second-order valence-corrected chi connectivity index (χ2v) is 20.2. The number of carbonyl (C=O) groups excluding carboxylic acids is 2. The quantitative estimate of drug-likeness (QED) is 0.102. The summed E-state index contributed by atoms with van der Waals surface area (Å²) in [5, 5.41) is 1.05. The summed E-state index contributed by atoms with van der Waals surface area (Å²) in [5.41, 5.74) is 15.7. The Morgan fingerprint density at radius 3 is 2.28 bits per heavy atom. The number of aromatic nitrogens is 2. The number of hydrogen-bond donors (Lipinski definition) is 3. The Balaban J connectivity index is 0.000000215. The van der Waals surface area contributed by atoms with E-state index in [0.717, 1.165) is 62.5 Å². The number of ether oxygens (including phenoxy) is 3. The molecule has 360 valence electrons. The monoisotopic (exact) mass is 991 g/mol. The molecule has 3 aromatic carbocycles. The second-order valence-electron chi connectivity index (χ2n) is 17.7. The van der Waals surface area contributed by atoms with Crippen molar-refractivity contribution in [1.29, 1.82) is 0 Å². The highest BCUT2D eigenvalue weighted by Gasteiger charge is 2.34. The SMILES string of the molecule is CC1(C)CCC(CN2CCN(c3ccc(C(N)=O)c(Oc4cnc(N)c(Cl)c4)c3)CC2)=C(c2ccc(Cl)cc2)C1.O=C(NS(=O)(=O)c1cnc(OCC2(F)CCOCC2)c(F)c1)c1ccccc1. The zero-order chi connectivity index (χ0) is 48.6. The van der Waals surface area contributed by atoms with Crippen LogP contribution in [0, 0.1) is 11.2 Å². The largest absolute Gasteiger partial charge is 0.472 e. The minimum atomic E-state index is -4.34. The maximum absolute atomic E-state index is 14.5. The molecule has 8 rings (SSSR count). The van der Waals surface area contributed by atoms with Crippen molar-refractivity contribution in [2.75, 3.05) is 63.2 Å². The number of primary amides is 1. The molecule has 4 heterocycles. The molecule has 5 N–H and O–H groups in total. The second kappa shape index (κ2) is 21.6. The predicted octanol–water partition coefficient (Wildman–Crippen LogP) is 8.88. The molecule has 0 saturated carbocycles. The standard InChI is InChI=1S/C31H35Cl2N5O2.C18H18F2N2O5S/c1-31(2)10-9-21(26(17-31)20-3-5-22(32)6-4-20)19-37-11-13-38(14-12-37)23-7-8-25(30(35)39)28(15-23)40-24-16-27(33)29(34)36-18-24;19-15-10-14(28(24,25)22-16(23)13-4-2-1-3-5-13)11-21-17(15)27-12-18(20)6-8-26-9-7-18/h3-8,15-16,18H,9-14,17,19H2,1-2H3,(H2,34,36)(H2,35,39);1-5,10-11H,6-9,12H2,(H,22,23). The summed E-state index contributed by atoms with van der Waals surface area (Å²) >= 11 is 12.3. The molecular weight excluding hydrogens is 940 g/mol. The number of carbonyl (C=O) groups is 2. The molecule has 0 spiro atoms. The first kappa shape index (κ1) is 50.0. The summed E-state index contributed by atoms with van der Waals surface area (Å²) in [6.07, 6.45) is 5.94. The fraction of sp³-hybridized carbons (Fsp3) is 0.347. The third-order valence-corrected chi connectivity index (χ3v) is 13.9. The van der Waals surface area contributed by atoms with Gasteiger partial charge in [-0.3, -0.25) is 14.5 Å². The number of nitrogen functional groups attached to an aromatic ring is 1. The number of benzene rings is 3. The highest BCUT2D eigenvalue weighted by molar-refractivity contribution is 7.90. The first-order chi connectivity index (χ1) is 32.4. The number of hydrogen-bond acceptors (Lipinski definition) is 12. The van der Waals surface area contributed by atoms with Gasteiger partial charge in [0.05, 0.1) is 23.0 Å². The van der Waals surface area contributed by atoms with Gasteiger partial charge < -0.3 is 30.6 Å². The summed E-state index contributed by atoms with van der Waals surface area (Å²) in [6, 6.07) is 23.7. The number of nitrogens with two attached hydrogens (primary N) is 2. The summed E-state index contributed by atoms with van der Waals surface area (Å²) < 4.78 is 71.2. The van der Waals surface area contributed by atoms with E-state index in [1.54, 1.807) is 30.3 Å². The minimum absolute atomic E-state index is 0.118. The van der Waals surface area contributed by atoms with Gasteiger partial charge in [0.2, 0.25) is 0 Å². The summed E-state index contributed by atoms with van der Waals surface area (Å²) in [7, 11) is -4.34. The van der Waals surface area contributed by atoms with Crippen molar-refractivity contribution in [1.82, 2.24) is 19.6 Å². The number of anilines is 2. The zero-order valence-corrected chi connectivity index (χ0v) is 40.0. The summed E-state index contributed by atoms with van der Waals surface area (Å²) in [5.74, 6) is -2.07. The van der Waals surface area contributed by atoms with Crippen molar-refractivity contribution in [2.24, 2.45) is 11.1 Å². The number of amides is 2. The number of rotatable bonds is 13. The van der Waals surface area contributed by atoms with Crippen molar-refractivity contribution in [2.45, 2.75) is 56.5 Å². The lowest BCUT2D eigenvalue weighted by Crippen LogP contribution is -2.47. The number of piperazine rings is 1. The topological polar surface area (TPSA) is 192 Å². The van der Waals surface area contributed by atoms with Gasteiger partial charge in [0.1, 0.15) is 34.5 Å². The number of allylic oxidation sites excluding steroid dienone is 1. The molecule has 0 bridgehead atoms. The Morgan fingerprint density at radius 1 is 0.912 bits per heavy atom. The molecule has 68 heavy (non-hydrogen) atoms. The van der Waals surface area contributed by atoms with Gasteiger partial charge in [-0.25, -0.2) is 31.9 Å². The maximum atomic E-state index is 14.5. The van der Waals surface area contributed by atoms with Gasteiger partial charge in [-0.1, -0.05) is 73.0 Å². The lowest BCUT2D eigenvalue weighted by atomic mass is 9.72. The molecule has 5 aromatic rings. The molecule has 2 amide bonds. The van der Waals surface area contributed by atoms with Crippen LogP contribution in [0.1, 0.15) is 72.2 Å². The third-order valence-electron chi connectivity index (χ3n) is 12.0. The fourth-order valence-electron chi connectivity index (χ4n) is 8.08. The normalized spacial score (nSPS) is 17.1. The average Bonchev–Trinajstić information content (AvgIpc) is 3.31. The van der Waals surface area contributed by atoms with Crippen LogP contribution in [0.5, 0.6) is 17.4 Å². The molecule has 14 nitrogen and oxygen atoms in total. The molecule has 2 aliphatic heterocycles.